The molecule has 4 aromatic carbocycles. The minimum atomic E-state index is -0.526. The van der Waals surface area contributed by atoms with Gasteiger partial charge in [0.05, 0.1) is 16.7 Å². The number of aromatic nitrogens is 3. The second-order valence-corrected chi connectivity index (χ2v) is 13.2. The van der Waals surface area contributed by atoms with E-state index in [-0.39, 0.29) is 6.04 Å². The van der Waals surface area contributed by atoms with Gasteiger partial charge in [0.1, 0.15) is 0 Å². The fourth-order valence-electron chi connectivity index (χ4n) is 8.55. The zero-order valence-corrected chi connectivity index (χ0v) is 27.4. The first-order valence-corrected chi connectivity index (χ1v) is 17.1. The average Bonchev–Trinajstić information content (AvgIpc) is 3.49. The lowest BCUT2D eigenvalue weighted by Crippen LogP contribution is -2.73. The zero-order chi connectivity index (χ0) is 32.2. The summed E-state index contributed by atoms with van der Waals surface area (Å²) in [5.74, 6) is 0. The van der Waals surface area contributed by atoms with E-state index in [4.69, 9.17) is 0 Å². The molecule has 3 heteroatoms. The van der Waals surface area contributed by atoms with Crippen LogP contribution >= 0.6 is 0 Å². The molecule has 0 spiro atoms. The number of benzene rings is 4. The first kappa shape index (κ1) is 28.5. The number of hydrogen-bond acceptors (Lipinski definition) is 0. The highest BCUT2D eigenvalue weighted by molar-refractivity contribution is 5.72. The smallest absolute Gasteiger partial charge is 0.190 e. The molecule has 5 heterocycles. The van der Waals surface area contributed by atoms with Gasteiger partial charge in [-0.2, -0.15) is 13.7 Å². The number of rotatable bonds is 5. The molecule has 2 aliphatic heterocycles. The Morgan fingerprint density at radius 1 is 0.604 bits per heavy atom. The third-order valence-corrected chi connectivity index (χ3v) is 10.7. The Hall–Kier alpha value is -5.67. The molecule has 0 bridgehead atoms. The molecule has 0 saturated carbocycles. The third-order valence-electron chi connectivity index (χ3n) is 10.7. The lowest BCUT2D eigenvalue weighted by molar-refractivity contribution is -0.866. The van der Waals surface area contributed by atoms with Crippen LogP contribution in [0.3, 0.4) is 0 Å². The number of hydrogen-bond donors (Lipinski definition) is 0. The summed E-state index contributed by atoms with van der Waals surface area (Å²) < 4.78 is 7.69. The highest BCUT2D eigenvalue weighted by atomic mass is 15.2. The van der Waals surface area contributed by atoms with Gasteiger partial charge in [-0.05, 0) is 60.4 Å². The Bertz CT molecular complexity index is 2290. The molecule has 0 N–H and O–H groups in total. The fourth-order valence-corrected chi connectivity index (χ4v) is 8.55. The lowest BCUT2D eigenvalue weighted by Gasteiger charge is -2.34. The number of nitrogens with zero attached hydrogens (tertiary/aromatic N) is 3. The number of fused-ring (bicyclic) bond motifs is 6. The van der Waals surface area contributed by atoms with Crippen molar-refractivity contribution in [1.29, 1.82) is 0 Å². The summed E-state index contributed by atoms with van der Waals surface area (Å²) in [5.41, 5.74) is 14.9. The van der Waals surface area contributed by atoms with Gasteiger partial charge < -0.3 is 0 Å². The van der Waals surface area contributed by atoms with Crippen molar-refractivity contribution >= 4 is 0 Å². The Kier molecular flexibility index (Phi) is 6.69. The summed E-state index contributed by atoms with van der Waals surface area (Å²) in [6, 6.07) is 53.7. The maximum atomic E-state index is 2.61. The predicted molar refractivity (Wildman–Crippen MR) is 191 cm³/mol. The highest BCUT2D eigenvalue weighted by Crippen LogP contribution is 2.48. The van der Waals surface area contributed by atoms with Crippen molar-refractivity contribution < 1.29 is 13.7 Å². The summed E-state index contributed by atoms with van der Waals surface area (Å²) >= 11 is 0. The summed E-state index contributed by atoms with van der Waals surface area (Å²) in [6.07, 6.45) is 8.02. The molecule has 2 unspecified atom stereocenters. The van der Waals surface area contributed by atoms with Gasteiger partial charge in [-0.15, -0.1) is 0 Å². The quantitative estimate of drug-likeness (QED) is 0.171. The monoisotopic (exact) mass is 620 g/mol. The molecule has 3 aromatic heterocycles. The fraction of sp³-hybridized carbons (Fsp3) is 0.133. The van der Waals surface area contributed by atoms with Crippen LogP contribution in [-0.4, -0.2) is 0 Å². The first-order valence-electron chi connectivity index (χ1n) is 17.1. The normalized spacial score (nSPS) is 17.2. The molecule has 0 amide bonds. The van der Waals surface area contributed by atoms with Gasteiger partial charge >= 0.3 is 5.54 Å². The van der Waals surface area contributed by atoms with Crippen molar-refractivity contribution in [3.05, 3.63) is 186 Å². The number of pyridine rings is 3. The maximum absolute atomic E-state index is 2.61. The highest BCUT2D eigenvalue weighted by Gasteiger charge is 2.66. The Labute approximate surface area is 282 Å². The van der Waals surface area contributed by atoms with Gasteiger partial charge in [0.15, 0.2) is 18.6 Å². The molecule has 0 saturated heterocycles. The molecule has 3 nitrogen and oxygen atoms in total. The molecule has 2 aliphatic rings. The van der Waals surface area contributed by atoms with Crippen LogP contribution in [0.15, 0.2) is 164 Å². The van der Waals surface area contributed by atoms with Crippen LogP contribution in [0.4, 0.5) is 0 Å². The van der Waals surface area contributed by atoms with Crippen LogP contribution in [0.5, 0.6) is 0 Å². The van der Waals surface area contributed by atoms with Crippen molar-refractivity contribution in [3.63, 3.8) is 0 Å². The standard InChI is InChI=1S/C45H38N3/c1-3-33-29-43-38-23-11-12-24-40(38)45(31-46(43)30-39(33)34-18-5-4-6-19-34,48-28-16-14-26-42(48)35-20-8-7-17-32(35)2)44-37-22-10-9-21-36(37)41-25-13-15-27-47(41)44/h4-30,44H,3,31H2,1-2H3/q+3. The van der Waals surface area contributed by atoms with E-state index in [0.29, 0.717) is 0 Å². The molecule has 2 atom stereocenters. The van der Waals surface area contributed by atoms with Crippen LogP contribution in [0, 0.1) is 6.92 Å². The van der Waals surface area contributed by atoms with Crippen molar-refractivity contribution in [2.24, 2.45) is 0 Å². The SMILES string of the molecule is CCc1cc2[n+](cc1-c1ccccc1)CC(C1c3ccccc3-c3cccc[n+]31)([n+]1ccccc1-c1ccccc1C)c1ccccc1-2. The van der Waals surface area contributed by atoms with Crippen LogP contribution in [-0.2, 0) is 18.5 Å². The molecule has 0 fully saturated rings. The van der Waals surface area contributed by atoms with E-state index in [1.54, 1.807) is 0 Å². The summed E-state index contributed by atoms with van der Waals surface area (Å²) in [4.78, 5) is 0. The van der Waals surface area contributed by atoms with Gasteiger partial charge in [-0.1, -0.05) is 91.9 Å². The van der Waals surface area contributed by atoms with E-state index < -0.39 is 5.54 Å². The van der Waals surface area contributed by atoms with Gasteiger partial charge in [0.2, 0.25) is 23.6 Å². The van der Waals surface area contributed by atoms with E-state index in [9.17, 15) is 0 Å². The average molecular weight is 621 g/mol. The molecule has 0 radical (unpaired) electrons. The van der Waals surface area contributed by atoms with Crippen LogP contribution in [0.25, 0.3) is 44.9 Å². The van der Waals surface area contributed by atoms with Gasteiger partial charge in [0.25, 0.3) is 6.04 Å². The van der Waals surface area contributed by atoms with Gasteiger partial charge in [0, 0.05) is 47.0 Å². The van der Waals surface area contributed by atoms with Gasteiger partial charge in [-0.3, -0.25) is 0 Å². The van der Waals surface area contributed by atoms with Crippen molar-refractivity contribution in [3.8, 4) is 44.9 Å². The second kappa shape index (κ2) is 11.2. The van der Waals surface area contributed by atoms with Gasteiger partial charge in [-0.25, -0.2) is 0 Å². The van der Waals surface area contributed by atoms with Crippen LogP contribution in [0.2, 0.25) is 0 Å². The predicted octanol–water partition coefficient (Wildman–Crippen LogP) is 8.45. The molecule has 230 valence electrons. The van der Waals surface area contributed by atoms with E-state index >= 15 is 0 Å². The van der Waals surface area contributed by atoms with Crippen LogP contribution < -0.4 is 13.7 Å². The number of aryl methyl sites for hydroxylation is 2. The van der Waals surface area contributed by atoms with E-state index in [1.165, 1.54) is 67.2 Å². The van der Waals surface area contributed by atoms with E-state index in [1.807, 2.05) is 0 Å². The Balaban J connectivity index is 1.42. The minimum Gasteiger partial charge on any atom is -0.190 e. The van der Waals surface area contributed by atoms with E-state index in [2.05, 4.69) is 192 Å². The second-order valence-electron chi connectivity index (χ2n) is 13.2. The minimum absolute atomic E-state index is 0.00658. The Morgan fingerprint density at radius 2 is 1.27 bits per heavy atom. The molecule has 9 rings (SSSR count). The topological polar surface area (TPSA) is 11.6 Å². The Morgan fingerprint density at radius 3 is 2.08 bits per heavy atom. The lowest BCUT2D eigenvalue weighted by atomic mass is 9.73. The summed E-state index contributed by atoms with van der Waals surface area (Å²) in [5, 5.41) is 0. The maximum Gasteiger partial charge on any atom is 0.318 e. The van der Waals surface area contributed by atoms with Crippen molar-refractivity contribution in [2.45, 2.75) is 38.4 Å². The van der Waals surface area contributed by atoms with Crippen molar-refractivity contribution in [1.82, 2.24) is 0 Å². The van der Waals surface area contributed by atoms with Crippen molar-refractivity contribution in [2.75, 3.05) is 0 Å². The zero-order valence-electron chi connectivity index (χ0n) is 27.4. The van der Waals surface area contributed by atoms with Crippen LogP contribution in [0.1, 0.15) is 35.2 Å². The third kappa shape index (κ3) is 4.17. The largest absolute Gasteiger partial charge is 0.318 e. The summed E-state index contributed by atoms with van der Waals surface area (Å²) in [7, 11) is 0. The molecule has 7 aromatic rings. The first-order chi connectivity index (χ1) is 23.7. The molecule has 0 aliphatic carbocycles. The van der Waals surface area contributed by atoms with E-state index in [0.717, 1.165) is 13.0 Å². The molecular weight excluding hydrogens is 583 g/mol. The molecular formula is C45H38N3+3. The summed E-state index contributed by atoms with van der Waals surface area (Å²) in [6.45, 7) is 5.26. The molecule has 48 heavy (non-hydrogen) atoms.